The first-order valence-corrected chi connectivity index (χ1v) is 9.22. The predicted octanol–water partition coefficient (Wildman–Crippen LogP) is 1.67. The van der Waals surface area contributed by atoms with Gasteiger partial charge in [0.1, 0.15) is 5.75 Å². The van der Waals surface area contributed by atoms with E-state index in [0.29, 0.717) is 12.2 Å². The molecule has 1 aromatic carbocycles. The van der Waals surface area contributed by atoms with E-state index in [2.05, 4.69) is 26.1 Å². The molecule has 122 valence electrons. The third kappa shape index (κ3) is 4.47. The second-order valence-corrected chi connectivity index (χ2v) is 8.93. The van der Waals surface area contributed by atoms with Gasteiger partial charge in [-0.25, -0.2) is 8.42 Å². The molecule has 0 saturated carbocycles. The molecule has 5 nitrogen and oxygen atoms in total. The Morgan fingerprint density at radius 2 is 2.00 bits per heavy atom. The molecule has 0 aromatic heterocycles. The molecule has 0 aliphatic carbocycles. The van der Waals surface area contributed by atoms with Crippen LogP contribution in [-0.4, -0.2) is 38.5 Å². The predicted molar refractivity (Wildman–Crippen MR) is 85.8 cm³/mol. The maximum atomic E-state index is 11.9. The van der Waals surface area contributed by atoms with E-state index >= 15 is 0 Å². The van der Waals surface area contributed by atoms with Crippen molar-refractivity contribution >= 4 is 15.7 Å². The summed E-state index contributed by atoms with van der Waals surface area (Å²) in [7, 11) is -2.99. The first-order valence-electron chi connectivity index (χ1n) is 7.39. The third-order valence-electron chi connectivity index (χ3n) is 3.65. The number of nitrogens with one attached hydrogen (secondary N) is 1. The number of carbonyl (C=O) groups is 1. The minimum Gasteiger partial charge on any atom is -0.483 e. The Morgan fingerprint density at radius 1 is 1.32 bits per heavy atom. The van der Waals surface area contributed by atoms with Gasteiger partial charge in [0.15, 0.2) is 16.4 Å². The second-order valence-electron chi connectivity index (χ2n) is 6.70. The molecule has 1 N–H and O–H groups in total. The number of para-hydroxylation sites is 1. The fourth-order valence-corrected chi connectivity index (χ4v) is 4.21. The summed E-state index contributed by atoms with van der Waals surface area (Å²) in [5.41, 5.74) is 0.957. The largest absolute Gasteiger partial charge is 0.483 e. The van der Waals surface area contributed by atoms with Gasteiger partial charge in [0, 0.05) is 6.04 Å². The molecule has 1 saturated heterocycles. The van der Waals surface area contributed by atoms with Crippen LogP contribution in [0.4, 0.5) is 0 Å². The molecule has 0 radical (unpaired) electrons. The highest BCUT2D eigenvalue weighted by Gasteiger charge is 2.29. The van der Waals surface area contributed by atoms with Crippen LogP contribution in [0.1, 0.15) is 32.8 Å². The van der Waals surface area contributed by atoms with Crippen LogP contribution in [0.3, 0.4) is 0 Å². The lowest BCUT2D eigenvalue weighted by atomic mass is 9.86. The van der Waals surface area contributed by atoms with Crippen LogP contribution in [0.15, 0.2) is 24.3 Å². The maximum Gasteiger partial charge on any atom is 0.258 e. The van der Waals surface area contributed by atoms with Crippen molar-refractivity contribution in [2.45, 2.75) is 38.6 Å². The Hall–Kier alpha value is -1.56. The lowest BCUT2D eigenvalue weighted by Gasteiger charge is -2.22. The summed E-state index contributed by atoms with van der Waals surface area (Å²) in [5, 5.41) is 2.72. The molecule has 1 aliphatic heterocycles. The number of rotatable bonds is 4. The Bertz CT molecular complexity index is 646. The average Bonchev–Trinajstić information content (AvgIpc) is 2.75. The minimum absolute atomic E-state index is 0.0251. The van der Waals surface area contributed by atoms with Crippen molar-refractivity contribution in [1.82, 2.24) is 5.32 Å². The average molecular weight is 325 g/mol. The molecule has 1 atom stereocenters. The van der Waals surface area contributed by atoms with E-state index in [1.54, 1.807) is 0 Å². The van der Waals surface area contributed by atoms with Crippen LogP contribution in [0.5, 0.6) is 5.75 Å². The Balaban J connectivity index is 1.92. The van der Waals surface area contributed by atoms with Crippen LogP contribution in [-0.2, 0) is 20.0 Å². The van der Waals surface area contributed by atoms with Gasteiger partial charge >= 0.3 is 0 Å². The van der Waals surface area contributed by atoms with Crippen molar-refractivity contribution in [2.75, 3.05) is 18.1 Å². The zero-order valence-electron chi connectivity index (χ0n) is 13.3. The zero-order chi connectivity index (χ0) is 16.4. The SMILES string of the molecule is CC(C)(C)c1ccccc1OCC(=O)NC1CCS(=O)(=O)C1. The molecule has 1 amide bonds. The van der Waals surface area contributed by atoms with Gasteiger partial charge in [-0.1, -0.05) is 39.0 Å². The normalized spacial score (nSPS) is 20.6. The number of sulfone groups is 1. The molecule has 2 rings (SSSR count). The van der Waals surface area contributed by atoms with Crippen LogP contribution >= 0.6 is 0 Å². The molecule has 1 fully saturated rings. The number of hydrogen-bond acceptors (Lipinski definition) is 4. The van der Waals surface area contributed by atoms with E-state index in [1.807, 2.05) is 24.3 Å². The molecule has 1 aromatic rings. The van der Waals surface area contributed by atoms with Crippen molar-refractivity contribution in [3.63, 3.8) is 0 Å². The van der Waals surface area contributed by atoms with Gasteiger partial charge < -0.3 is 10.1 Å². The van der Waals surface area contributed by atoms with E-state index in [1.165, 1.54) is 0 Å². The highest BCUT2D eigenvalue weighted by molar-refractivity contribution is 7.91. The summed E-state index contributed by atoms with van der Waals surface area (Å²) in [6.07, 6.45) is 0.479. The molecule has 1 aliphatic rings. The number of amides is 1. The van der Waals surface area contributed by atoms with E-state index in [4.69, 9.17) is 4.74 Å². The van der Waals surface area contributed by atoms with E-state index in [-0.39, 0.29) is 35.5 Å². The molecule has 0 spiro atoms. The monoisotopic (exact) mass is 325 g/mol. The molecular formula is C16H23NO4S. The first kappa shape index (κ1) is 16.8. The van der Waals surface area contributed by atoms with E-state index < -0.39 is 9.84 Å². The number of hydrogen-bond donors (Lipinski definition) is 1. The lowest BCUT2D eigenvalue weighted by molar-refractivity contribution is -0.123. The van der Waals surface area contributed by atoms with Gasteiger partial charge in [0.25, 0.3) is 5.91 Å². The van der Waals surface area contributed by atoms with Gasteiger partial charge in [-0.15, -0.1) is 0 Å². The van der Waals surface area contributed by atoms with Crippen molar-refractivity contribution in [3.8, 4) is 5.75 Å². The van der Waals surface area contributed by atoms with Gasteiger partial charge in [-0.3, -0.25) is 4.79 Å². The van der Waals surface area contributed by atoms with Gasteiger partial charge in [-0.2, -0.15) is 0 Å². The number of benzene rings is 1. The van der Waals surface area contributed by atoms with Crippen molar-refractivity contribution in [1.29, 1.82) is 0 Å². The summed E-state index contributed by atoms with van der Waals surface area (Å²) in [4.78, 5) is 11.9. The van der Waals surface area contributed by atoms with Crippen molar-refractivity contribution < 1.29 is 17.9 Å². The smallest absolute Gasteiger partial charge is 0.258 e. The summed E-state index contributed by atoms with van der Waals surface area (Å²) < 4.78 is 28.4. The van der Waals surface area contributed by atoms with E-state index in [9.17, 15) is 13.2 Å². The molecule has 6 heteroatoms. The Labute approximate surface area is 132 Å². The Kier molecular flexibility index (Phi) is 4.80. The van der Waals surface area contributed by atoms with Crippen LogP contribution in [0.2, 0.25) is 0 Å². The van der Waals surface area contributed by atoms with E-state index in [0.717, 1.165) is 5.56 Å². The quantitative estimate of drug-likeness (QED) is 0.914. The molecule has 1 heterocycles. The molecule has 22 heavy (non-hydrogen) atoms. The third-order valence-corrected chi connectivity index (χ3v) is 5.42. The van der Waals surface area contributed by atoms with Crippen molar-refractivity contribution in [3.05, 3.63) is 29.8 Å². The number of ether oxygens (including phenoxy) is 1. The topological polar surface area (TPSA) is 72.5 Å². The Morgan fingerprint density at radius 3 is 2.59 bits per heavy atom. The van der Waals surface area contributed by atoms with Crippen LogP contribution < -0.4 is 10.1 Å². The summed E-state index contributed by atoms with van der Waals surface area (Å²) in [6, 6.07) is 7.34. The minimum atomic E-state index is -2.99. The fraction of sp³-hybridized carbons (Fsp3) is 0.562. The summed E-state index contributed by atoms with van der Waals surface area (Å²) in [5.74, 6) is 0.568. The zero-order valence-corrected chi connectivity index (χ0v) is 14.1. The molecular weight excluding hydrogens is 302 g/mol. The highest BCUT2D eigenvalue weighted by atomic mass is 32.2. The second kappa shape index (κ2) is 6.28. The molecule has 0 bridgehead atoms. The van der Waals surface area contributed by atoms with Crippen LogP contribution in [0, 0.1) is 0 Å². The first-order chi connectivity index (χ1) is 10.2. The summed E-state index contributed by atoms with van der Waals surface area (Å²) >= 11 is 0. The molecule has 1 unspecified atom stereocenters. The standard InChI is InChI=1S/C16H23NO4S/c1-16(2,3)13-6-4-5-7-14(13)21-10-15(18)17-12-8-9-22(19,20)11-12/h4-7,12H,8-11H2,1-3H3,(H,17,18). The van der Waals surface area contributed by atoms with Crippen molar-refractivity contribution in [2.24, 2.45) is 0 Å². The van der Waals surface area contributed by atoms with Gasteiger partial charge in [0.2, 0.25) is 0 Å². The van der Waals surface area contributed by atoms with Gasteiger partial charge in [0.05, 0.1) is 11.5 Å². The number of carbonyl (C=O) groups excluding carboxylic acids is 1. The van der Waals surface area contributed by atoms with Crippen LogP contribution in [0.25, 0.3) is 0 Å². The lowest BCUT2D eigenvalue weighted by Crippen LogP contribution is -2.38. The van der Waals surface area contributed by atoms with Gasteiger partial charge in [-0.05, 0) is 23.5 Å². The maximum absolute atomic E-state index is 11.9. The highest BCUT2D eigenvalue weighted by Crippen LogP contribution is 2.30. The fourth-order valence-electron chi connectivity index (χ4n) is 2.53. The summed E-state index contributed by atoms with van der Waals surface area (Å²) in [6.45, 7) is 6.14.